The summed E-state index contributed by atoms with van der Waals surface area (Å²) in [5, 5.41) is 4.01. The van der Waals surface area contributed by atoms with Gasteiger partial charge in [-0.1, -0.05) is 25.9 Å². The third-order valence-corrected chi connectivity index (χ3v) is 1.84. The van der Waals surface area contributed by atoms with Crippen LogP contribution < -0.4 is 0 Å². The molecule has 0 saturated heterocycles. The van der Waals surface area contributed by atoms with Crippen LogP contribution in [-0.2, 0) is 5.41 Å². The normalized spacial score (nSPS) is 12.6. The number of nitrogens with zero attached hydrogens (tertiary/aromatic N) is 2. The Morgan fingerprint density at radius 1 is 1.42 bits per heavy atom. The van der Waals surface area contributed by atoms with Crippen LogP contribution in [0.4, 0.5) is 0 Å². The van der Waals surface area contributed by atoms with Crippen LogP contribution >= 0.6 is 0 Å². The van der Waals surface area contributed by atoms with E-state index < -0.39 is 0 Å². The summed E-state index contributed by atoms with van der Waals surface area (Å²) in [5.74, 6) is 0.961. The minimum absolute atomic E-state index is 0.0320. The third kappa shape index (κ3) is 0.932. The molecule has 0 saturated carbocycles. The lowest BCUT2D eigenvalue weighted by atomic mass is 9.96. The fraction of sp³-hybridized carbons (Fsp3) is 0.444. The Morgan fingerprint density at radius 2 is 2.17 bits per heavy atom. The maximum Gasteiger partial charge on any atom is 0.235 e. The SMILES string of the molecule is CC(C)(C)c1noc2cccn12. The Hall–Kier alpha value is -1.25. The summed E-state index contributed by atoms with van der Waals surface area (Å²) in [6, 6.07) is 3.86. The predicted octanol–water partition coefficient (Wildman–Crippen LogP) is 2.22. The van der Waals surface area contributed by atoms with E-state index in [1.807, 2.05) is 22.7 Å². The van der Waals surface area contributed by atoms with Gasteiger partial charge in [0.15, 0.2) is 5.82 Å². The van der Waals surface area contributed by atoms with Crippen LogP contribution in [0, 0.1) is 0 Å². The van der Waals surface area contributed by atoms with Crippen LogP contribution in [0.2, 0.25) is 0 Å². The zero-order valence-electron chi connectivity index (χ0n) is 7.53. The Bertz CT molecular complexity index is 392. The van der Waals surface area contributed by atoms with Crippen molar-refractivity contribution in [2.75, 3.05) is 0 Å². The summed E-state index contributed by atoms with van der Waals surface area (Å²) < 4.78 is 7.10. The average molecular weight is 164 g/mol. The number of aromatic nitrogens is 2. The smallest absolute Gasteiger partial charge is 0.235 e. The number of fused-ring (bicyclic) bond motifs is 1. The second-order valence-electron chi connectivity index (χ2n) is 3.97. The van der Waals surface area contributed by atoms with Gasteiger partial charge in [0.1, 0.15) is 0 Å². The van der Waals surface area contributed by atoms with Gasteiger partial charge in [0.25, 0.3) is 0 Å². The lowest BCUT2D eigenvalue weighted by Gasteiger charge is -2.13. The Morgan fingerprint density at radius 3 is 2.83 bits per heavy atom. The molecule has 0 aliphatic rings. The van der Waals surface area contributed by atoms with E-state index in [9.17, 15) is 0 Å². The second kappa shape index (κ2) is 2.12. The molecule has 64 valence electrons. The van der Waals surface area contributed by atoms with Gasteiger partial charge in [-0.2, -0.15) is 0 Å². The molecule has 12 heavy (non-hydrogen) atoms. The fourth-order valence-electron chi connectivity index (χ4n) is 1.25. The van der Waals surface area contributed by atoms with E-state index in [0.717, 1.165) is 11.5 Å². The summed E-state index contributed by atoms with van der Waals surface area (Å²) in [5.41, 5.74) is 0.838. The largest absolute Gasteiger partial charge is 0.336 e. The van der Waals surface area contributed by atoms with Crippen molar-refractivity contribution >= 4 is 5.71 Å². The zero-order valence-corrected chi connectivity index (χ0v) is 7.53. The Balaban J connectivity index is 2.69. The van der Waals surface area contributed by atoms with E-state index in [2.05, 4.69) is 25.9 Å². The van der Waals surface area contributed by atoms with Crippen molar-refractivity contribution in [3.05, 3.63) is 24.2 Å². The van der Waals surface area contributed by atoms with Crippen LogP contribution in [0.1, 0.15) is 26.6 Å². The van der Waals surface area contributed by atoms with E-state index in [1.54, 1.807) is 0 Å². The first-order valence-corrected chi connectivity index (χ1v) is 4.02. The molecule has 3 nitrogen and oxygen atoms in total. The van der Waals surface area contributed by atoms with Crippen molar-refractivity contribution in [1.82, 2.24) is 9.56 Å². The van der Waals surface area contributed by atoms with E-state index in [1.165, 1.54) is 0 Å². The van der Waals surface area contributed by atoms with Gasteiger partial charge in [0, 0.05) is 17.7 Å². The minimum Gasteiger partial charge on any atom is -0.336 e. The molecule has 3 heteroatoms. The lowest BCUT2D eigenvalue weighted by Crippen LogP contribution is -2.15. The van der Waals surface area contributed by atoms with Crippen molar-refractivity contribution in [1.29, 1.82) is 0 Å². The zero-order chi connectivity index (χ0) is 8.77. The summed E-state index contributed by atoms with van der Waals surface area (Å²) in [7, 11) is 0. The van der Waals surface area contributed by atoms with Gasteiger partial charge in [-0.05, 0) is 6.07 Å². The molecular weight excluding hydrogens is 152 g/mol. The van der Waals surface area contributed by atoms with Crippen LogP contribution in [-0.4, -0.2) is 9.56 Å². The molecule has 2 aromatic heterocycles. The maximum absolute atomic E-state index is 5.13. The molecule has 0 unspecified atom stereocenters. The van der Waals surface area contributed by atoms with Gasteiger partial charge in [-0.15, -0.1) is 0 Å². The van der Waals surface area contributed by atoms with Gasteiger partial charge in [0.2, 0.25) is 5.71 Å². The highest BCUT2D eigenvalue weighted by atomic mass is 16.5. The molecule has 2 rings (SSSR count). The molecule has 0 bridgehead atoms. The Kier molecular flexibility index (Phi) is 1.31. The van der Waals surface area contributed by atoms with E-state index in [4.69, 9.17) is 4.52 Å². The van der Waals surface area contributed by atoms with Gasteiger partial charge >= 0.3 is 0 Å². The first-order chi connectivity index (χ1) is 5.59. The summed E-state index contributed by atoms with van der Waals surface area (Å²) >= 11 is 0. The third-order valence-electron chi connectivity index (χ3n) is 1.84. The molecule has 0 aliphatic heterocycles. The number of hydrogen-bond acceptors (Lipinski definition) is 2. The molecular formula is C9H12N2O. The van der Waals surface area contributed by atoms with E-state index in [-0.39, 0.29) is 5.41 Å². The first kappa shape index (κ1) is 7.40. The highest BCUT2D eigenvalue weighted by Gasteiger charge is 2.21. The van der Waals surface area contributed by atoms with Gasteiger partial charge in [0.05, 0.1) is 0 Å². The maximum atomic E-state index is 5.13. The molecule has 0 fully saturated rings. The van der Waals surface area contributed by atoms with Crippen molar-refractivity contribution in [2.24, 2.45) is 0 Å². The number of hydrogen-bond donors (Lipinski definition) is 0. The summed E-state index contributed by atoms with van der Waals surface area (Å²) in [6.45, 7) is 6.35. The van der Waals surface area contributed by atoms with Crippen LogP contribution in [0.5, 0.6) is 0 Å². The molecule has 0 radical (unpaired) electrons. The molecule has 2 aromatic rings. The number of rotatable bonds is 0. The van der Waals surface area contributed by atoms with Crippen molar-refractivity contribution in [3.63, 3.8) is 0 Å². The minimum atomic E-state index is 0.0320. The average Bonchev–Trinajstić information content (AvgIpc) is 2.37. The molecule has 0 atom stereocenters. The van der Waals surface area contributed by atoms with Gasteiger partial charge in [-0.25, -0.2) is 0 Å². The lowest BCUT2D eigenvalue weighted by molar-refractivity contribution is 0.418. The summed E-state index contributed by atoms with van der Waals surface area (Å²) in [6.07, 6.45) is 1.96. The van der Waals surface area contributed by atoms with E-state index in [0.29, 0.717) is 0 Å². The van der Waals surface area contributed by atoms with Crippen molar-refractivity contribution in [3.8, 4) is 0 Å². The molecule has 0 aromatic carbocycles. The molecule has 2 heterocycles. The highest BCUT2D eigenvalue weighted by molar-refractivity contribution is 5.35. The fourth-order valence-corrected chi connectivity index (χ4v) is 1.25. The Labute approximate surface area is 71.0 Å². The van der Waals surface area contributed by atoms with Crippen molar-refractivity contribution < 1.29 is 4.52 Å². The van der Waals surface area contributed by atoms with Crippen LogP contribution in [0.3, 0.4) is 0 Å². The van der Waals surface area contributed by atoms with Crippen LogP contribution in [0.15, 0.2) is 22.9 Å². The molecule has 0 spiro atoms. The quantitative estimate of drug-likeness (QED) is 0.597. The summed E-state index contributed by atoms with van der Waals surface area (Å²) in [4.78, 5) is 0. The monoisotopic (exact) mass is 164 g/mol. The highest BCUT2D eigenvalue weighted by Crippen LogP contribution is 2.21. The molecule has 0 amide bonds. The van der Waals surface area contributed by atoms with Crippen LogP contribution in [0.25, 0.3) is 5.71 Å². The predicted molar refractivity (Wildman–Crippen MR) is 46.2 cm³/mol. The topological polar surface area (TPSA) is 30.4 Å². The molecule has 0 N–H and O–H groups in total. The standard InChI is InChI=1S/C9H12N2O/c1-9(2,3)8-10-12-7-5-4-6-11(7)8/h4-6H,1-3H3. The van der Waals surface area contributed by atoms with Gasteiger partial charge in [-0.3, -0.25) is 4.40 Å². The first-order valence-electron chi connectivity index (χ1n) is 4.02. The molecule has 0 aliphatic carbocycles. The van der Waals surface area contributed by atoms with Gasteiger partial charge < -0.3 is 4.52 Å². The van der Waals surface area contributed by atoms with E-state index >= 15 is 0 Å². The second-order valence-corrected chi connectivity index (χ2v) is 3.97. The van der Waals surface area contributed by atoms with Crippen molar-refractivity contribution in [2.45, 2.75) is 26.2 Å².